The van der Waals surface area contributed by atoms with Gasteiger partial charge in [0.2, 0.25) is 0 Å². The normalized spacial score (nSPS) is 9.71. The molecule has 0 N–H and O–H groups in total. The molecule has 1 rings (SSSR count). The van der Waals surface area contributed by atoms with Gasteiger partial charge in [-0.05, 0) is 12.5 Å². The van der Waals surface area contributed by atoms with Gasteiger partial charge in [-0.3, -0.25) is 14.4 Å². The minimum absolute atomic E-state index is 0.204. The number of hydrogen-bond acceptors (Lipinski definition) is 4. The van der Waals surface area contributed by atoms with E-state index in [4.69, 9.17) is 0 Å². The summed E-state index contributed by atoms with van der Waals surface area (Å²) in [4.78, 5) is 33.2. The van der Waals surface area contributed by atoms with Crippen LogP contribution in [-0.4, -0.2) is 24.1 Å². The summed E-state index contributed by atoms with van der Waals surface area (Å²) in [5, 5.41) is 0. The highest BCUT2D eigenvalue weighted by Gasteiger charge is 2.11. The van der Waals surface area contributed by atoms with Gasteiger partial charge in [-0.2, -0.15) is 0 Å². The molecule has 0 radical (unpaired) electrons. The van der Waals surface area contributed by atoms with Crippen molar-refractivity contribution in [1.29, 1.82) is 0 Å². The van der Waals surface area contributed by atoms with Crippen molar-refractivity contribution in [3.63, 3.8) is 0 Å². The fourth-order valence-electron chi connectivity index (χ4n) is 1.28. The number of benzene rings is 1. The SMILES string of the molecule is CC(=O)COC(=O)CC(=O)Cc1ccccc1. The van der Waals surface area contributed by atoms with Crippen molar-refractivity contribution in [3.8, 4) is 0 Å². The van der Waals surface area contributed by atoms with Gasteiger partial charge in [0.15, 0.2) is 5.78 Å². The van der Waals surface area contributed by atoms with Gasteiger partial charge < -0.3 is 4.74 Å². The summed E-state index contributed by atoms with van der Waals surface area (Å²) in [6, 6.07) is 9.15. The average Bonchev–Trinajstić information content (AvgIpc) is 2.27. The third-order valence-corrected chi connectivity index (χ3v) is 2.02. The first-order valence-electron chi connectivity index (χ1n) is 5.28. The van der Waals surface area contributed by atoms with Crippen LogP contribution in [0.3, 0.4) is 0 Å². The van der Waals surface area contributed by atoms with Crippen molar-refractivity contribution < 1.29 is 19.1 Å². The summed E-state index contributed by atoms with van der Waals surface area (Å²) < 4.78 is 4.60. The van der Waals surface area contributed by atoms with E-state index in [1.54, 1.807) is 0 Å². The van der Waals surface area contributed by atoms with E-state index in [0.717, 1.165) is 5.56 Å². The Bertz CT molecular complexity index is 409. The van der Waals surface area contributed by atoms with Crippen molar-refractivity contribution >= 4 is 17.5 Å². The summed E-state index contributed by atoms with van der Waals surface area (Å²) in [5.74, 6) is -1.11. The maximum Gasteiger partial charge on any atom is 0.313 e. The van der Waals surface area contributed by atoms with Gasteiger partial charge in [-0.1, -0.05) is 30.3 Å². The molecule has 0 saturated heterocycles. The van der Waals surface area contributed by atoms with Crippen LogP contribution >= 0.6 is 0 Å². The fourth-order valence-corrected chi connectivity index (χ4v) is 1.28. The van der Waals surface area contributed by atoms with E-state index in [0.29, 0.717) is 0 Å². The second-order valence-corrected chi connectivity index (χ2v) is 3.74. The molecular weight excluding hydrogens is 220 g/mol. The molecule has 0 bridgehead atoms. The van der Waals surface area contributed by atoms with E-state index in [1.165, 1.54) is 6.92 Å². The van der Waals surface area contributed by atoms with Gasteiger partial charge in [0.1, 0.15) is 18.8 Å². The van der Waals surface area contributed by atoms with Crippen LogP contribution in [0.5, 0.6) is 0 Å². The maximum atomic E-state index is 11.5. The first kappa shape index (κ1) is 13.1. The molecule has 0 saturated carbocycles. The standard InChI is InChI=1S/C13H14O4/c1-10(14)9-17-13(16)8-12(15)7-11-5-3-2-4-6-11/h2-6H,7-9H2,1H3. The number of esters is 1. The fraction of sp³-hybridized carbons (Fsp3) is 0.308. The third kappa shape index (κ3) is 5.61. The number of Topliss-reactive ketones (excluding diaryl/α,β-unsaturated/α-hetero) is 2. The highest BCUT2D eigenvalue weighted by atomic mass is 16.5. The second-order valence-electron chi connectivity index (χ2n) is 3.74. The summed E-state index contributed by atoms with van der Waals surface area (Å²) >= 11 is 0. The van der Waals surface area contributed by atoms with Crippen LogP contribution in [0.15, 0.2) is 30.3 Å². The maximum absolute atomic E-state index is 11.5. The molecule has 0 fully saturated rings. The van der Waals surface area contributed by atoms with E-state index in [9.17, 15) is 14.4 Å². The van der Waals surface area contributed by atoms with Crippen LogP contribution in [0, 0.1) is 0 Å². The minimum Gasteiger partial charge on any atom is -0.457 e. The lowest BCUT2D eigenvalue weighted by Gasteiger charge is -2.02. The lowest BCUT2D eigenvalue weighted by molar-refractivity contribution is -0.149. The number of ether oxygens (including phenoxy) is 1. The van der Waals surface area contributed by atoms with Gasteiger partial charge >= 0.3 is 5.97 Å². The predicted molar refractivity (Wildman–Crippen MR) is 61.4 cm³/mol. The highest BCUT2D eigenvalue weighted by molar-refractivity contribution is 5.97. The third-order valence-electron chi connectivity index (χ3n) is 2.02. The summed E-state index contributed by atoms with van der Waals surface area (Å²) in [6.07, 6.45) is -0.0851. The zero-order valence-electron chi connectivity index (χ0n) is 9.64. The lowest BCUT2D eigenvalue weighted by atomic mass is 10.1. The van der Waals surface area contributed by atoms with Gasteiger partial charge in [-0.15, -0.1) is 0 Å². The number of carbonyl (C=O) groups excluding carboxylic acids is 3. The van der Waals surface area contributed by atoms with Gasteiger partial charge in [0, 0.05) is 6.42 Å². The molecule has 0 aliphatic carbocycles. The minimum atomic E-state index is -0.652. The smallest absolute Gasteiger partial charge is 0.313 e. The Morgan fingerprint density at radius 3 is 2.35 bits per heavy atom. The van der Waals surface area contributed by atoms with Crippen LogP contribution in [0.4, 0.5) is 0 Å². The first-order chi connectivity index (χ1) is 8.08. The first-order valence-corrected chi connectivity index (χ1v) is 5.28. The largest absolute Gasteiger partial charge is 0.457 e. The highest BCUT2D eigenvalue weighted by Crippen LogP contribution is 2.02. The Morgan fingerprint density at radius 2 is 1.76 bits per heavy atom. The van der Waals surface area contributed by atoms with E-state index < -0.39 is 5.97 Å². The Hall–Kier alpha value is -1.97. The molecule has 90 valence electrons. The number of carbonyl (C=O) groups is 3. The Balaban J connectivity index is 2.35. The molecule has 4 heteroatoms. The number of hydrogen-bond donors (Lipinski definition) is 0. The van der Waals surface area contributed by atoms with Gasteiger partial charge in [0.05, 0.1) is 0 Å². The van der Waals surface area contributed by atoms with Crippen molar-refractivity contribution in [3.05, 3.63) is 35.9 Å². The van der Waals surface area contributed by atoms with Crippen LogP contribution in [-0.2, 0) is 25.5 Å². The summed E-state index contributed by atoms with van der Waals surface area (Å²) in [6.45, 7) is 1.05. The van der Waals surface area contributed by atoms with E-state index in [-0.39, 0.29) is 31.0 Å². The summed E-state index contributed by atoms with van der Waals surface area (Å²) in [5.41, 5.74) is 0.858. The molecule has 1 aromatic carbocycles. The van der Waals surface area contributed by atoms with Crippen LogP contribution in [0.1, 0.15) is 18.9 Å². The quantitative estimate of drug-likeness (QED) is 0.550. The average molecular weight is 234 g/mol. The topological polar surface area (TPSA) is 60.4 Å². The number of ketones is 2. The van der Waals surface area contributed by atoms with E-state index >= 15 is 0 Å². The second kappa shape index (κ2) is 6.58. The Kier molecular flexibility index (Phi) is 5.07. The molecule has 0 atom stereocenters. The molecule has 0 amide bonds. The van der Waals surface area contributed by atoms with Crippen LogP contribution < -0.4 is 0 Å². The zero-order chi connectivity index (χ0) is 12.7. The molecule has 0 aliphatic rings. The van der Waals surface area contributed by atoms with Crippen molar-refractivity contribution in [2.24, 2.45) is 0 Å². The molecule has 0 spiro atoms. The summed E-state index contributed by atoms with van der Waals surface area (Å²) in [7, 11) is 0. The van der Waals surface area contributed by atoms with Crippen molar-refractivity contribution in [1.82, 2.24) is 0 Å². The van der Waals surface area contributed by atoms with Crippen LogP contribution in [0.2, 0.25) is 0 Å². The Morgan fingerprint density at radius 1 is 1.12 bits per heavy atom. The molecular formula is C13H14O4. The molecule has 0 unspecified atom stereocenters. The molecule has 1 aromatic rings. The zero-order valence-corrected chi connectivity index (χ0v) is 9.64. The van der Waals surface area contributed by atoms with Crippen LogP contribution in [0.25, 0.3) is 0 Å². The van der Waals surface area contributed by atoms with Crippen molar-refractivity contribution in [2.45, 2.75) is 19.8 Å². The van der Waals surface area contributed by atoms with E-state index in [1.807, 2.05) is 30.3 Å². The van der Waals surface area contributed by atoms with Crippen molar-refractivity contribution in [2.75, 3.05) is 6.61 Å². The monoisotopic (exact) mass is 234 g/mol. The predicted octanol–water partition coefficient (Wildman–Crippen LogP) is 1.32. The van der Waals surface area contributed by atoms with Gasteiger partial charge in [-0.25, -0.2) is 0 Å². The molecule has 0 aliphatic heterocycles. The lowest BCUT2D eigenvalue weighted by Crippen LogP contribution is -2.16. The van der Waals surface area contributed by atoms with E-state index in [2.05, 4.69) is 4.74 Å². The van der Waals surface area contributed by atoms with Gasteiger partial charge in [0.25, 0.3) is 0 Å². The molecule has 0 heterocycles. The molecule has 4 nitrogen and oxygen atoms in total. The molecule has 0 aromatic heterocycles. The number of rotatable bonds is 6. The Labute approximate surface area is 99.6 Å². The molecule has 17 heavy (non-hydrogen) atoms.